The second-order valence-corrected chi connectivity index (χ2v) is 2.73. The summed E-state index contributed by atoms with van der Waals surface area (Å²) in [5.41, 5.74) is 8.18. The zero-order chi connectivity index (χ0) is 8.32. The van der Waals surface area contributed by atoms with E-state index in [1.54, 1.807) is 0 Å². The van der Waals surface area contributed by atoms with E-state index < -0.39 is 5.97 Å². The zero-order valence-electron chi connectivity index (χ0n) is 6.04. The van der Waals surface area contributed by atoms with Gasteiger partial charge in [-0.1, -0.05) is 0 Å². The van der Waals surface area contributed by atoms with E-state index in [1.165, 1.54) is 0 Å². The van der Waals surface area contributed by atoms with Gasteiger partial charge in [0, 0.05) is 19.5 Å². The Labute approximate surface area is 64.2 Å². The van der Waals surface area contributed by atoms with Crippen LogP contribution in [0.15, 0.2) is 0 Å². The van der Waals surface area contributed by atoms with Crippen molar-refractivity contribution in [2.75, 3.05) is 13.1 Å². The Kier molecular flexibility index (Phi) is 2.77. The first-order valence-corrected chi connectivity index (χ1v) is 3.46. The molecule has 6 nitrogen and oxygen atoms in total. The molecule has 1 heterocycles. The average Bonchev–Trinajstić information content (AvgIpc) is 1.85. The molecular weight excluding hydrogens is 150 g/mol. The van der Waals surface area contributed by atoms with Gasteiger partial charge in [-0.2, -0.15) is 5.53 Å². The summed E-state index contributed by atoms with van der Waals surface area (Å²) in [6.45, 7) is 1.19. The molecule has 0 atom stereocenters. The van der Waals surface area contributed by atoms with E-state index in [9.17, 15) is 0 Å². The minimum absolute atomic E-state index is 0.0104. The van der Waals surface area contributed by atoms with Crippen LogP contribution in [0.25, 0.3) is 0 Å². The third-order valence-corrected chi connectivity index (χ3v) is 1.52. The number of hydrogen-bond acceptors (Lipinski definition) is 6. The van der Waals surface area contributed by atoms with Gasteiger partial charge in [0.05, 0.1) is 0 Å². The first-order chi connectivity index (χ1) is 5.08. The topological polar surface area (TPSA) is 96.8 Å². The van der Waals surface area contributed by atoms with E-state index in [1.807, 2.05) is 0 Å². The number of aliphatic hydroxyl groups is 3. The smallest absolute Gasteiger partial charge is 0.275 e. The van der Waals surface area contributed by atoms with Gasteiger partial charge in [0.2, 0.25) is 0 Å². The molecule has 11 heavy (non-hydrogen) atoms. The van der Waals surface area contributed by atoms with Crippen LogP contribution in [-0.4, -0.2) is 34.4 Å². The van der Waals surface area contributed by atoms with Crippen molar-refractivity contribution in [2.45, 2.75) is 12.4 Å². The van der Waals surface area contributed by atoms with Crippen molar-refractivity contribution in [3.8, 4) is 0 Å². The van der Waals surface area contributed by atoms with Crippen molar-refractivity contribution < 1.29 is 15.3 Å². The van der Waals surface area contributed by atoms with Crippen molar-refractivity contribution in [2.24, 2.45) is 5.92 Å². The fourth-order valence-corrected chi connectivity index (χ4v) is 1.06. The highest BCUT2D eigenvalue weighted by Gasteiger charge is 2.25. The largest absolute Gasteiger partial charge is 0.344 e. The molecule has 1 aliphatic heterocycles. The standard InChI is InChI=1S/C5H13N3O3/c9-5(10,11)1-4-2-6-8-7-3-4/h4,6-11H,1-3H2. The van der Waals surface area contributed by atoms with Crippen LogP contribution < -0.4 is 16.4 Å². The van der Waals surface area contributed by atoms with Gasteiger partial charge in [-0.15, -0.1) is 0 Å². The van der Waals surface area contributed by atoms with Crippen LogP contribution in [0.4, 0.5) is 0 Å². The molecule has 1 saturated heterocycles. The maximum Gasteiger partial charge on any atom is 0.275 e. The second kappa shape index (κ2) is 3.44. The monoisotopic (exact) mass is 163 g/mol. The van der Waals surface area contributed by atoms with E-state index in [0.717, 1.165) is 0 Å². The van der Waals surface area contributed by atoms with Crippen LogP contribution in [-0.2, 0) is 0 Å². The third-order valence-electron chi connectivity index (χ3n) is 1.52. The molecule has 0 spiro atoms. The molecule has 0 aromatic heterocycles. The number of nitrogens with one attached hydrogen (secondary N) is 3. The zero-order valence-corrected chi connectivity index (χ0v) is 6.04. The fraction of sp³-hybridized carbons (Fsp3) is 1.00. The Morgan fingerprint density at radius 3 is 2.18 bits per heavy atom. The Morgan fingerprint density at radius 1 is 1.18 bits per heavy atom. The van der Waals surface area contributed by atoms with Gasteiger partial charge in [0.25, 0.3) is 5.97 Å². The fourth-order valence-electron chi connectivity index (χ4n) is 1.06. The summed E-state index contributed by atoms with van der Waals surface area (Å²) >= 11 is 0. The van der Waals surface area contributed by atoms with E-state index in [-0.39, 0.29) is 12.3 Å². The van der Waals surface area contributed by atoms with Gasteiger partial charge in [-0.3, -0.25) is 0 Å². The van der Waals surface area contributed by atoms with Gasteiger partial charge in [-0.25, -0.2) is 10.9 Å². The quantitative estimate of drug-likeness (QED) is 0.247. The maximum atomic E-state index is 8.61. The van der Waals surface area contributed by atoms with Crippen molar-refractivity contribution in [3.05, 3.63) is 0 Å². The van der Waals surface area contributed by atoms with Crippen molar-refractivity contribution >= 4 is 0 Å². The van der Waals surface area contributed by atoms with Gasteiger partial charge in [-0.05, 0) is 5.92 Å². The Hall–Kier alpha value is -0.240. The molecule has 0 aromatic rings. The highest BCUT2D eigenvalue weighted by molar-refractivity contribution is 4.69. The van der Waals surface area contributed by atoms with Gasteiger partial charge >= 0.3 is 0 Å². The molecule has 0 saturated carbocycles. The first-order valence-electron chi connectivity index (χ1n) is 3.46. The summed E-state index contributed by atoms with van der Waals surface area (Å²) in [6.07, 6.45) is -0.0608. The molecule has 0 unspecified atom stereocenters. The summed E-state index contributed by atoms with van der Waals surface area (Å²) in [7, 11) is 0. The lowest BCUT2D eigenvalue weighted by atomic mass is 10.0. The van der Waals surface area contributed by atoms with Crippen LogP contribution in [0, 0.1) is 5.92 Å². The summed E-state index contributed by atoms with van der Waals surface area (Å²) in [5.74, 6) is -2.54. The van der Waals surface area contributed by atoms with Crippen LogP contribution in [0.2, 0.25) is 0 Å². The lowest BCUT2D eigenvalue weighted by molar-refractivity contribution is -0.319. The second-order valence-electron chi connectivity index (χ2n) is 2.73. The third kappa shape index (κ3) is 3.61. The SMILES string of the molecule is OC(O)(O)CC1CNNNC1. The molecular formula is C5H13N3O3. The normalized spacial score (nSPS) is 22.1. The van der Waals surface area contributed by atoms with E-state index >= 15 is 0 Å². The molecule has 0 bridgehead atoms. The summed E-state index contributed by atoms with van der Waals surface area (Å²) in [6, 6.07) is 0. The lowest BCUT2D eigenvalue weighted by Crippen LogP contribution is -2.55. The summed E-state index contributed by atoms with van der Waals surface area (Å²) in [4.78, 5) is 0. The Morgan fingerprint density at radius 2 is 1.73 bits per heavy atom. The van der Waals surface area contributed by atoms with E-state index in [0.29, 0.717) is 13.1 Å². The number of rotatable bonds is 2. The highest BCUT2D eigenvalue weighted by atomic mass is 16.7. The van der Waals surface area contributed by atoms with E-state index in [2.05, 4.69) is 16.4 Å². The van der Waals surface area contributed by atoms with E-state index in [4.69, 9.17) is 15.3 Å². The maximum absolute atomic E-state index is 8.61. The minimum Gasteiger partial charge on any atom is -0.344 e. The Balaban J connectivity index is 2.24. The highest BCUT2D eigenvalue weighted by Crippen LogP contribution is 2.10. The number of hydrazine groups is 2. The molecule has 6 heteroatoms. The van der Waals surface area contributed by atoms with Crippen molar-refractivity contribution in [1.82, 2.24) is 16.4 Å². The predicted octanol–water partition coefficient (Wildman–Crippen LogP) is -2.76. The average molecular weight is 163 g/mol. The molecule has 1 aliphatic rings. The van der Waals surface area contributed by atoms with Crippen LogP contribution in [0.1, 0.15) is 6.42 Å². The first kappa shape index (κ1) is 8.85. The molecule has 66 valence electrons. The molecule has 1 fully saturated rings. The van der Waals surface area contributed by atoms with Crippen molar-refractivity contribution in [3.63, 3.8) is 0 Å². The molecule has 0 aromatic carbocycles. The van der Waals surface area contributed by atoms with Gasteiger partial charge in [0.15, 0.2) is 0 Å². The molecule has 0 aliphatic carbocycles. The Bertz CT molecular complexity index is 119. The number of hydrogen-bond donors (Lipinski definition) is 6. The molecule has 1 rings (SSSR count). The molecule has 6 N–H and O–H groups in total. The van der Waals surface area contributed by atoms with Gasteiger partial charge < -0.3 is 15.3 Å². The summed E-state index contributed by atoms with van der Waals surface area (Å²) in [5, 5.41) is 25.8. The molecule has 0 amide bonds. The minimum atomic E-state index is -2.55. The lowest BCUT2D eigenvalue weighted by Gasteiger charge is -2.27. The molecule has 0 radical (unpaired) electrons. The van der Waals surface area contributed by atoms with Gasteiger partial charge in [0.1, 0.15) is 0 Å². The summed E-state index contributed by atoms with van der Waals surface area (Å²) < 4.78 is 0. The van der Waals surface area contributed by atoms with Crippen molar-refractivity contribution in [1.29, 1.82) is 0 Å². The van der Waals surface area contributed by atoms with Crippen LogP contribution in [0.5, 0.6) is 0 Å². The van der Waals surface area contributed by atoms with Crippen LogP contribution >= 0.6 is 0 Å². The van der Waals surface area contributed by atoms with Crippen LogP contribution in [0.3, 0.4) is 0 Å². The predicted molar refractivity (Wildman–Crippen MR) is 36.6 cm³/mol.